The molecule has 0 saturated carbocycles. The maximum absolute atomic E-state index is 13.1. The van der Waals surface area contributed by atoms with Gasteiger partial charge in [0.25, 0.3) is 5.91 Å². The zero-order valence-electron chi connectivity index (χ0n) is 19.8. The molecule has 7 nitrogen and oxygen atoms in total. The predicted octanol–water partition coefficient (Wildman–Crippen LogP) is 5.31. The zero-order chi connectivity index (χ0) is 24.5. The summed E-state index contributed by atoms with van der Waals surface area (Å²) in [5.74, 6) is 1.42. The van der Waals surface area contributed by atoms with E-state index in [1.807, 2.05) is 65.7 Å². The average molecular weight is 496 g/mol. The smallest absolute Gasteiger partial charge is 0.264 e. The molecule has 2 N–H and O–H groups in total. The van der Waals surface area contributed by atoms with Gasteiger partial charge in [0.1, 0.15) is 5.75 Å². The van der Waals surface area contributed by atoms with Crippen molar-refractivity contribution >= 4 is 49.9 Å². The van der Waals surface area contributed by atoms with Crippen molar-refractivity contribution in [1.29, 1.82) is 0 Å². The van der Waals surface area contributed by atoms with Crippen LogP contribution >= 0.6 is 11.3 Å². The third kappa shape index (κ3) is 4.25. The van der Waals surface area contributed by atoms with Crippen LogP contribution in [-0.2, 0) is 0 Å². The van der Waals surface area contributed by atoms with Crippen molar-refractivity contribution in [1.82, 2.24) is 20.2 Å². The number of rotatable bonds is 5. The number of piperazine rings is 1. The number of carbonyl (C=O) groups excluding carboxylic acids is 1. The van der Waals surface area contributed by atoms with Crippen LogP contribution in [-0.4, -0.2) is 54.1 Å². The maximum Gasteiger partial charge on any atom is 0.264 e. The van der Waals surface area contributed by atoms with Crippen LogP contribution in [0, 0.1) is 0 Å². The second kappa shape index (κ2) is 9.56. The van der Waals surface area contributed by atoms with Crippen LogP contribution in [0.2, 0.25) is 0 Å². The Morgan fingerprint density at radius 3 is 2.78 bits per heavy atom. The summed E-state index contributed by atoms with van der Waals surface area (Å²) in [6.07, 6.45) is 1.82. The highest BCUT2D eigenvalue weighted by Gasteiger charge is 2.21. The van der Waals surface area contributed by atoms with Gasteiger partial charge in [-0.2, -0.15) is 0 Å². The van der Waals surface area contributed by atoms with Gasteiger partial charge in [-0.15, -0.1) is 11.3 Å². The summed E-state index contributed by atoms with van der Waals surface area (Å²) in [4.78, 5) is 25.1. The number of para-hydroxylation sites is 1. The predicted molar refractivity (Wildman–Crippen MR) is 145 cm³/mol. The van der Waals surface area contributed by atoms with Crippen LogP contribution in [0.1, 0.15) is 9.67 Å². The quantitative estimate of drug-likeness (QED) is 0.344. The fraction of sp³-hybridized carbons (Fsp3) is 0.179. The Bertz CT molecular complexity index is 1580. The van der Waals surface area contributed by atoms with E-state index in [1.54, 1.807) is 7.11 Å². The van der Waals surface area contributed by atoms with Crippen molar-refractivity contribution in [2.24, 2.45) is 0 Å². The molecule has 5 aromatic rings. The molecule has 1 aliphatic heterocycles. The van der Waals surface area contributed by atoms with Gasteiger partial charge in [-0.1, -0.05) is 30.3 Å². The van der Waals surface area contributed by atoms with Crippen LogP contribution in [0.3, 0.4) is 0 Å². The first-order valence-electron chi connectivity index (χ1n) is 11.9. The Morgan fingerprint density at radius 1 is 1.06 bits per heavy atom. The molecule has 1 aliphatic rings. The molecule has 0 atom stereocenters. The van der Waals surface area contributed by atoms with Crippen molar-refractivity contribution in [2.75, 3.05) is 38.6 Å². The minimum Gasteiger partial charge on any atom is -0.496 e. The summed E-state index contributed by atoms with van der Waals surface area (Å²) in [7, 11) is 1.68. The highest BCUT2D eigenvalue weighted by atomic mass is 32.1. The number of thiophene rings is 1. The van der Waals surface area contributed by atoms with Crippen molar-refractivity contribution < 1.29 is 9.53 Å². The number of nitrogens with one attached hydrogen (secondary N) is 2. The van der Waals surface area contributed by atoms with Crippen molar-refractivity contribution in [3.63, 3.8) is 0 Å². The highest BCUT2D eigenvalue weighted by Crippen LogP contribution is 2.34. The van der Waals surface area contributed by atoms with E-state index in [0.717, 1.165) is 74.6 Å². The van der Waals surface area contributed by atoms with E-state index in [0.29, 0.717) is 5.95 Å². The zero-order valence-corrected chi connectivity index (χ0v) is 20.6. The van der Waals surface area contributed by atoms with Gasteiger partial charge in [0.05, 0.1) is 17.5 Å². The number of amides is 1. The number of anilines is 2. The topological polar surface area (TPSA) is 79.4 Å². The number of benzene rings is 3. The molecule has 36 heavy (non-hydrogen) atoms. The average Bonchev–Trinajstić information content (AvgIpc) is 3.38. The van der Waals surface area contributed by atoms with Crippen molar-refractivity contribution in [2.45, 2.75) is 0 Å². The second-order valence-electron chi connectivity index (χ2n) is 8.67. The second-order valence-corrected chi connectivity index (χ2v) is 9.75. The minimum absolute atomic E-state index is 0.0893. The van der Waals surface area contributed by atoms with Crippen LogP contribution in [0.4, 0.5) is 11.6 Å². The number of hydrogen-bond donors (Lipinski definition) is 2. The van der Waals surface area contributed by atoms with E-state index >= 15 is 0 Å². The molecule has 1 saturated heterocycles. The molecule has 3 aromatic carbocycles. The molecule has 6 rings (SSSR count). The molecule has 1 fully saturated rings. The van der Waals surface area contributed by atoms with Gasteiger partial charge >= 0.3 is 0 Å². The van der Waals surface area contributed by atoms with Gasteiger partial charge in [0.15, 0.2) is 0 Å². The van der Waals surface area contributed by atoms with Gasteiger partial charge in [0, 0.05) is 59.1 Å². The highest BCUT2D eigenvalue weighted by molar-refractivity contribution is 7.21. The maximum atomic E-state index is 13.1. The fourth-order valence-corrected chi connectivity index (χ4v) is 5.61. The number of nitrogens with zero attached hydrogens (tertiary/aromatic N) is 3. The Balaban J connectivity index is 1.33. The lowest BCUT2D eigenvalue weighted by Gasteiger charge is -2.26. The van der Waals surface area contributed by atoms with Gasteiger partial charge < -0.3 is 20.3 Å². The number of ether oxygens (including phenoxy) is 1. The van der Waals surface area contributed by atoms with Gasteiger partial charge in [-0.3, -0.25) is 4.79 Å². The van der Waals surface area contributed by atoms with Crippen molar-refractivity contribution in [3.8, 4) is 16.9 Å². The largest absolute Gasteiger partial charge is 0.496 e. The molecule has 180 valence electrons. The van der Waals surface area contributed by atoms with Gasteiger partial charge in [0.2, 0.25) is 5.95 Å². The summed E-state index contributed by atoms with van der Waals surface area (Å²) in [5.41, 5.74) is 3.77. The molecule has 1 amide bonds. The molecular formula is C28H25N5O2S. The summed E-state index contributed by atoms with van der Waals surface area (Å²) in [5, 5.41) is 8.56. The molecule has 0 unspecified atom stereocenters. The van der Waals surface area contributed by atoms with Gasteiger partial charge in [-0.25, -0.2) is 9.97 Å². The lowest BCUT2D eigenvalue weighted by atomic mass is 10.0. The van der Waals surface area contributed by atoms with Crippen molar-refractivity contribution in [3.05, 3.63) is 77.8 Å². The standard InChI is InChI=1S/C28H25N5O2S/c1-35-23-8-3-2-7-21(23)18-5-4-6-20(15-18)31-28-30-17-19-9-10-24-22(26(19)32-28)16-25(36-24)27(34)33-13-11-29-12-14-33/h2-10,15-17,29H,11-14H2,1H3,(H,30,31,32). The molecule has 0 aliphatic carbocycles. The van der Waals surface area contributed by atoms with E-state index in [1.165, 1.54) is 11.3 Å². The molecular weight excluding hydrogens is 470 g/mol. The Kier molecular flexibility index (Phi) is 5.96. The molecule has 0 bridgehead atoms. The van der Waals surface area contributed by atoms with Crippen LogP contribution < -0.4 is 15.4 Å². The first kappa shape index (κ1) is 22.5. The first-order valence-corrected chi connectivity index (χ1v) is 12.7. The monoisotopic (exact) mass is 495 g/mol. The van der Waals surface area contributed by atoms with Crippen LogP contribution in [0.15, 0.2) is 72.9 Å². The SMILES string of the molecule is COc1ccccc1-c1cccc(Nc2ncc3ccc4sc(C(=O)N5CCNCC5)cc4c3n2)c1. The van der Waals surface area contributed by atoms with E-state index < -0.39 is 0 Å². The van der Waals surface area contributed by atoms with Gasteiger partial charge in [-0.05, 0) is 42.0 Å². The summed E-state index contributed by atoms with van der Waals surface area (Å²) in [6.45, 7) is 3.14. The molecule has 3 heterocycles. The third-order valence-corrected chi connectivity index (χ3v) is 7.49. The lowest BCUT2D eigenvalue weighted by Crippen LogP contribution is -2.46. The molecule has 0 radical (unpaired) electrons. The lowest BCUT2D eigenvalue weighted by molar-refractivity contribution is 0.0741. The number of hydrogen-bond acceptors (Lipinski definition) is 7. The number of methoxy groups -OCH3 is 1. The molecule has 2 aromatic heterocycles. The Morgan fingerprint density at radius 2 is 1.92 bits per heavy atom. The molecule has 0 spiro atoms. The normalized spacial score (nSPS) is 13.8. The summed E-state index contributed by atoms with van der Waals surface area (Å²) in [6, 6.07) is 22.1. The summed E-state index contributed by atoms with van der Waals surface area (Å²) < 4.78 is 6.58. The fourth-order valence-electron chi connectivity index (χ4n) is 4.57. The molecule has 8 heteroatoms. The summed E-state index contributed by atoms with van der Waals surface area (Å²) >= 11 is 1.52. The van der Waals surface area contributed by atoms with E-state index in [4.69, 9.17) is 9.72 Å². The van der Waals surface area contributed by atoms with Crippen LogP contribution in [0.25, 0.3) is 32.1 Å². The number of fused-ring (bicyclic) bond motifs is 3. The van der Waals surface area contributed by atoms with E-state index in [9.17, 15) is 4.79 Å². The number of carbonyl (C=O) groups is 1. The van der Waals surface area contributed by atoms with Crippen LogP contribution in [0.5, 0.6) is 5.75 Å². The first-order chi connectivity index (χ1) is 17.7. The van der Waals surface area contributed by atoms with E-state index in [-0.39, 0.29) is 5.91 Å². The Labute approximate surface area is 212 Å². The number of aromatic nitrogens is 2. The third-order valence-electron chi connectivity index (χ3n) is 6.40. The Hall–Kier alpha value is -4.01. The van der Waals surface area contributed by atoms with E-state index in [2.05, 4.69) is 27.8 Å². The minimum atomic E-state index is 0.0893.